The summed E-state index contributed by atoms with van der Waals surface area (Å²) in [5, 5.41) is 14.0. The van der Waals surface area contributed by atoms with Crippen LogP contribution in [0.25, 0.3) is 0 Å². The molecule has 7 nitrogen and oxygen atoms in total. The van der Waals surface area contributed by atoms with E-state index in [-0.39, 0.29) is 16.5 Å². The van der Waals surface area contributed by atoms with Crippen LogP contribution in [-0.2, 0) is 13.2 Å². The van der Waals surface area contributed by atoms with Crippen molar-refractivity contribution in [3.05, 3.63) is 50.5 Å². The van der Waals surface area contributed by atoms with Crippen LogP contribution < -0.4 is 0 Å². The summed E-state index contributed by atoms with van der Waals surface area (Å²) in [5.74, 6) is 1.14. The number of hydrogen-bond acceptors (Lipinski definition) is 5. The average molecular weight is 321 g/mol. The summed E-state index contributed by atoms with van der Waals surface area (Å²) in [5.41, 5.74) is 0.984. The Kier molecular flexibility index (Phi) is 5.04. The van der Waals surface area contributed by atoms with Crippen LogP contribution in [0.5, 0.6) is 0 Å². The van der Waals surface area contributed by atoms with Crippen LogP contribution in [0.4, 0.5) is 5.69 Å². The van der Waals surface area contributed by atoms with E-state index in [0.717, 1.165) is 11.4 Å². The Morgan fingerprint density at radius 1 is 1.50 bits per heavy atom. The Morgan fingerprint density at radius 3 is 2.82 bits per heavy atom. The molecular weight excluding hydrogens is 302 g/mol. The van der Waals surface area contributed by atoms with Gasteiger partial charge in [0.25, 0.3) is 5.69 Å². The van der Waals surface area contributed by atoms with E-state index >= 15 is 0 Å². The third-order valence-electron chi connectivity index (χ3n) is 3.20. The Hall–Kier alpha value is -2.06. The summed E-state index contributed by atoms with van der Waals surface area (Å²) >= 11 is 5.23. The maximum absolute atomic E-state index is 10.8. The molecule has 0 aliphatic heterocycles. The molecule has 0 amide bonds. The molecule has 1 N–H and O–H groups in total. The van der Waals surface area contributed by atoms with E-state index in [1.807, 2.05) is 31.9 Å². The summed E-state index contributed by atoms with van der Waals surface area (Å²) in [6.07, 6.45) is 0. The van der Waals surface area contributed by atoms with Gasteiger partial charge in [0.05, 0.1) is 11.6 Å². The molecule has 2 aromatic rings. The van der Waals surface area contributed by atoms with Crippen LogP contribution in [0, 0.1) is 14.9 Å². The zero-order valence-corrected chi connectivity index (χ0v) is 13.6. The van der Waals surface area contributed by atoms with Gasteiger partial charge < -0.3 is 0 Å². The highest BCUT2D eigenvalue weighted by atomic mass is 32.1. The number of non-ortho nitro benzene ring substituents is 1. The van der Waals surface area contributed by atoms with E-state index < -0.39 is 0 Å². The predicted octanol–water partition coefficient (Wildman–Crippen LogP) is 3.06. The Bertz CT molecular complexity index is 722. The van der Waals surface area contributed by atoms with Crippen LogP contribution in [0.1, 0.15) is 31.2 Å². The van der Waals surface area contributed by atoms with Gasteiger partial charge in [-0.15, -0.1) is 0 Å². The number of nitro benzene ring substituents is 1. The van der Waals surface area contributed by atoms with Crippen molar-refractivity contribution in [3.63, 3.8) is 0 Å². The lowest BCUT2D eigenvalue weighted by molar-refractivity contribution is -0.384. The molecule has 1 heterocycles. The van der Waals surface area contributed by atoms with Crippen molar-refractivity contribution in [1.29, 1.82) is 0 Å². The minimum absolute atomic E-state index is 0.103. The van der Waals surface area contributed by atoms with Gasteiger partial charge in [-0.3, -0.25) is 20.1 Å². The van der Waals surface area contributed by atoms with Crippen molar-refractivity contribution in [2.45, 2.75) is 33.0 Å². The number of nitrogens with zero attached hydrogens (tertiary/aromatic N) is 4. The van der Waals surface area contributed by atoms with Gasteiger partial charge in [-0.25, -0.2) is 9.67 Å². The second-order valence-corrected chi connectivity index (χ2v) is 5.92. The van der Waals surface area contributed by atoms with E-state index in [4.69, 9.17) is 12.2 Å². The van der Waals surface area contributed by atoms with E-state index in [1.54, 1.807) is 16.8 Å². The van der Waals surface area contributed by atoms with Gasteiger partial charge in [-0.2, -0.15) is 0 Å². The molecule has 118 valence electrons. The van der Waals surface area contributed by atoms with Gasteiger partial charge in [0.15, 0.2) is 0 Å². The molecule has 22 heavy (non-hydrogen) atoms. The number of nitrogens with one attached hydrogen (secondary N) is 1. The van der Waals surface area contributed by atoms with Gasteiger partial charge in [0.2, 0.25) is 4.77 Å². The van der Waals surface area contributed by atoms with E-state index in [9.17, 15) is 10.1 Å². The maximum Gasteiger partial charge on any atom is 0.269 e. The highest BCUT2D eigenvalue weighted by Gasteiger charge is 2.10. The van der Waals surface area contributed by atoms with Gasteiger partial charge in [-0.05, 0) is 24.8 Å². The minimum Gasteiger partial charge on any atom is -0.283 e. The van der Waals surface area contributed by atoms with E-state index in [2.05, 4.69) is 10.1 Å². The molecule has 0 unspecified atom stereocenters. The largest absolute Gasteiger partial charge is 0.283 e. The van der Waals surface area contributed by atoms with Crippen LogP contribution in [0.2, 0.25) is 0 Å². The molecule has 2 rings (SSSR count). The fourth-order valence-corrected chi connectivity index (χ4v) is 2.30. The minimum atomic E-state index is -0.386. The summed E-state index contributed by atoms with van der Waals surface area (Å²) in [7, 11) is 1.93. The molecule has 1 aromatic heterocycles. The molecule has 0 aliphatic rings. The van der Waals surface area contributed by atoms with Crippen molar-refractivity contribution >= 4 is 17.9 Å². The fourth-order valence-electron chi connectivity index (χ4n) is 2.10. The smallest absolute Gasteiger partial charge is 0.269 e. The van der Waals surface area contributed by atoms with Crippen LogP contribution >= 0.6 is 12.2 Å². The third kappa shape index (κ3) is 3.99. The summed E-state index contributed by atoms with van der Waals surface area (Å²) in [4.78, 5) is 16.7. The quantitative estimate of drug-likeness (QED) is 0.502. The Morgan fingerprint density at radius 2 is 2.23 bits per heavy atom. The monoisotopic (exact) mass is 321 g/mol. The first-order valence-corrected chi connectivity index (χ1v) is 7.36. The van der Waals surface area contributed by atoms with Crippen molar-refractivity contribution in [2.24, 2.45) is 0 Å². The maximum atomic E-state index is 10.8. The van der Waals surface area contributed by atoms with Crippen molar-refractivity contribution < 1.29 is 4.92 Å². The van der Waals surface area contributed by atoms with E-state index in [1.165, 1.54) is 6.07 Å². The van der Waals surface area contributed by atoms with Crippen LogP contribution in [0.3, 0.4) is 0 Å². The number of aromatic nitrogens is 3. The molecule has 8 heteroatoms. The molecular formula is C14H19N5O2S. The Balaban J connectivity index is 2.07. The first-order valence-electron chi connectivity index (χ1n) is 6.95. The number of nitro groups is 1. The lowest BCUT2D eigenvalue weighted by Gasteiger charge is -2.16. The molecule has 0 saturated carbocycles. The average Bonchev–Trinajstić information content (AvgIpc) is 2.80. The molecule has 0 saturated heterocycles. The van der Waals surface area contributed by atoms with Gasteiger partial charge in [0, 0.05) is 24.6 Å². The zero-order chi connectivity index (χ0) is 16.3. The number of benzene rings is 1. The van der Waals surface area contributed by atoms with Crippen molar-refractivity contribution in [2.75, 3.05) is 7.05 Å². The third-order valence-corrected chi connectivity index (χ3v) is 3.51. The second kappa shape index (κ2) is 6.80. The van der Waals surface area contributed by atoms with Gasteiger partial charge in [-0.1, -0.05) is 26.0 Å². The molecule has 0 bridgehead atoms. The molecule has 0 radical (unpaired) electrons. The van der Waals surface area contributed by atoms with Crippen molar-refractivity contribution in [1.82, 2.24) is 19.7 Å². The Labute approximate surface area is 133 Å². The number of H-pyrrole nitrogens is 1. The summed E-state index contributed by atoms with van der Waals surface area (Å²) in [6.45, 7) is 5.22. The second-order valence-electron chi connectivity index (χ2n) is 5.56. The highest BCUT2D eigenvalue weighted by Crippen LogP contribution is 2.15. The fraction of sp³-hybridized carbons (Fsp3) is 0.429. The predicted molar refractivity (Wildman–Crippen MR) is 86.1 cm³/mol. The number of hydrogen-bond donors (Lipinski definition) is 1. The van der Waals surface area contributed by atoms with Gasteiger partial charge in [0.1, 0.15) is 5.82 Å². The summed E-state index contributed by atoms with van der Waals surface area (Å²) < 4.78 is 2.30. The SMILES string of the molecule is CC(C)c1nc(=S)n(CN(C)Cc2cccc([N+](=O)[O-])c2)[nH]1. The number of rotatable bonds is 6. The first-order chi connectivity index (χ1) is 10.4. The molecule has 0 spiro atoms. The molecule has 1 aromatic carbocycles. The summed E-state index contributed by atoms with van der Waals surface area (Å²) in [6, 6.07) is 6.64. The zero-order valence-electron chi connectivity index (χ0n) is 12.8. The van der Waals surface area contributed by atoms with Crippen LogP contribution in [-0.4, -0.2) is 31.6 Å². The van der Waals surface area contributed by atoms with Crippen molar-refractivity contribution in [3.8, 4) is 0 Å². The van der Waals surface area contributed by atoms with Gasteiger partial charge >= 0.3 is 0 Å². The number of aromatic amines is 1. The standard InChI is InChI=1S/C14H19N5O2S/c1-10(2)13-15-14(22)18(16-13)9-17(3)8-11-5-4-6-12(7-11)19(20)21/h4-7,10H,8-9H2,1-3H3,(H,15,16,22). The van der Waals surface area contributed by atoms with E-state index in [0.29, 0.717) is 18.0 Å². The normalized spacial score (nSPS) is 11.3. The lowest BCUT2D eigenvalue weighted by atomic mass is 10.2. The first kappa shape index (κ1) is 16.3. The topological polar surface area (TPSA) is 80.0 Å². The molecule has 0 atom stereocenters. The molecule has 0 fully saturated rings. The lowest BCUT2D eigenvalue weighted by Crippen LogP contribution is -2.22. The van der Waals surface area contributed by atoms with Crippen LogP contribution in [0.15, 0.2) is 24.3 Å². The highest BCUT2D eigenvalue weighted by molar-refractivity contribution is 7.71. The molecule has 0 aliphatic carbocycles.